The van der Waals surface area contributed by atoms with Crippen LogP contribution in [0.3, 0.4) is 0 Å². The molecule has 2 aromatic carbocycles. The molecule has 1 aliphatic rings. The van der Waals surface area contributed by atoms with Gasteiger partial charge in [-0.25, -0.2) is 13.8 Å². The topological polar surface area (TPSA) is 91.4 Å². The Morgan fingerprint density at radius 1 is 1.00 bits per heavy atom. The largest absolute Gasteiger partial charge is 0.339 e. The van der Waals surface area contributed by atoms with Crippen molar-refractivity contribution in [2.75, 3.05) is 23.7 Å². The molecule has 1 aromatic heterocycles. The van der Waals surface area contributed by atoms with Crippen LogP contribution in [0.25, 0.3) is 0 Å². The Hall–Kier alpha value is -3.66. The Morgan fingerprint density at radius 3 is 2.36 bits per heavy atom. The molecule has 0 saturated carbocycles. The number of anilines is 2. The SMILES string of the molecule is O=C(Nc1nccs1)c1ccc(NC(=O)C2CCN(C(=O)c3ccc(F)cc3F)CC2)cc1. The van der Waals surface area contributed by atoms with Crippen molar-refractivity contribution >= 4 is 39.9 Å². The van der Waals surface area contributed by atoms with Crippen molar-refractivity contribution in [1.29, 1.82) is 0 Å². The van der Waals surface area contributed by atoms with Crippen LogP contribution in [0, 0.1) is 17.6 Å². The van der Waals surface area contributed by atoms with Crippen LogP contribution in [-0.4, -0.2) is 40.7 Å². The summed E-state index contributed by atoms with van der Waals surface area (Å²) in [4.78, 5) is 42.8. The number of nitrogens with zero attached hydrogens (tertiary/aromatic N) is 2. The minimum absolute atomic E-state index is 0.182. The highest BCUT2D eigenvalue weighted by molar-refractivity contribution is 7.13. The van der Waals surface area contributed by atoms with Crippen LogP contribution < -0.4 is 10.6 Å². The number of hydrogen-bond donors (Lipinski definition) is 2. The molecule has 0 atom stereocenters. The van der Waals surface area contributed by atoms with E-state index in [-0.39, 0.29) is 23.3 Å². The average Bonchev–Trinajstić information content (AvgIpc) is 3.32. The predicted octanol–water partition coefficient (Wildman–Crippen LogP) is 4.16. The first-order valence-corrected chi connectivity index (χ1v) is 11.1. The molecule has 33 heavy (non-hydrogen) atoms. The normalized spacial score (nSPS) is 14.1. The molecule has 0 aliphatic carbocycles. The zero-order chi connectivity index (χ0) is 23.4. The van der Waals surface area contributed by atoms with Crippen molar-refractivity contribution in [3.8, 4) is 0 Å². The van der Waals surface area contributed by atoms with E-state index in [4.69, 9.17) is 0 Å². The smallest absolute Gasteiger partial charge is 0.257 e. The van der Waals surface area contributed by atoms with Gasteiger partial charge >= 0.3 is 0 Å². The van der Waals surface area contributed by atoms with Crippen molar-refractivity contribution in [3.05, 3.63) is 76.8 Å². The highest BCUT2D eigenvalue weighted by Gasteiger charge is 2.29. The summed E-state index contributed by atoms with van der Waals surface area (Å²) in [6.45, 7) is 0.590. The molecular weight excluding hydrogens is 450 g/mol. The van der Waals surface area contributed by atoms with Crippen molar-refractivity contribution in [2.24, 2.45) is 5.92 Å². The van der Waals surface area contributed by atoms with Crippen molar-refractivity contribution in [2.45, 2.75) is 12.8 Å². The molecule has 10 heteroatoms. The average molecular weight is 471 g/mol. The monoisotopic (exact) mass is 470 g/mol. The lowest BCUT2D eigenvalue weighted by molar-refractivity contribution is -0.121. The van der Waals surface area contributed by atoms with Crippen molar-refractivity contribution in [3.63, 3.8) is 0 Å². The van der Waals surface area contributed by atoms with Gasteiger partial charge in [-0.1, -0.05) is 0 Å². The number of nitrogens with one attached hydrogen (secondary N) is 2. The van der Waals surface area contributed by atoms with E-state index in [1.165, 1.54) is 16.2 Å². The van der Waals surface area contributed by atoms with Gasteiger partial charge in [-0.15, -0.1) is 11.3 Å². The first kappa shape index (κ1) is 22.5. The molecule has 3 aromatic rings. The molecule has 7 nitrogen and oxygen atoms in total. The Bertz CT molecular complexity index is 1160. The number of piperidine rings is 1. The predicted molar refractivity (Wildman–Crippen MR) is 120 cm³/mol. The van der Waals surface area contributed by atoms with Gasteiger partial charge in [-0.05, 0) is 49.2 Å². The van der Waals surface area contributed by atoms with Gasteiger partial charge in [0, 0.05) is 47.9 Å². The van der Waals surface area contributed by atoms with Gasteiger partial charge in [0.05, 0.1) is 5.56 Å². The minimum Gasteiger partial charge on any atom is -0.339 e. The lowest BCUT2D eigenvalue weighted by Gasteiger charge is -2.31. The summed E-state index contributed by atoms with van der Waals surface area (Å²) in [7, 11) is 0. The van der Waals surface area contributed by atoms with E-state index in [1.54, 1.807) is 35.8 Å². The summed E-state index contributed by atoms with van der Waals surface area (Å²) in [6, 6.07) is 9.36. The number of halogens is 2. The fourth-order valence-corrected chi connectivity index (χ4v) is 4.11. The van der Waals surface area contributed by atoms with Crippen molar-refractivity contribution < 1.29 is 23.2 Å². The second kappa shape index (κ2) is 9.86. The summed E-state index contributed by atoms with van der Waals surface area (Å²) in [5.41, 5.74) is 0.805. The van der Waals surface area contributed by atoms with E-state index in [2.05, 4.69) is 15.6 Å². The molecule has 0 bridgehead atoms. The third kappa shape index (κ3) is 5.40. The van der Waals surface area contributed by atoms with E-state index in [9.17, 15) is 23.2 Å². The second-order valence-corrected chi connectivity index (χ2v) is 8.44. The van der Waals surface area contributed by atoms with E-state index in [0.717, 1.165) is 12.1 Å². The molecule has 0 spiro atoms. The van der Waals surface area contributed by atoms with Gasteiger partial charge in [-0.2, -0.15) is 0 Å². The van der Waals surface area contributed by atoms with Crippen LogP contribution in [0.15, 0.2) is 54.0 Å². The van der Waals surface area contributed by atoms with E-state index in [0.29, 0.717) is 48.4 Å². The number of aromatic nitrogens is 1. The maximum atomic E-state index is 13.9. The third-order valence-electron chi connectivity index (χ3n) is 5.38. The summed E-state index contributed by atoms with van der Waals surface area (Å²) in [5, 5.41) is 7.78. The maximum absolute atomic E-state index is 13.9. The molecule has 2 heterocycles. The van der Waals surface area contributed by atoms with Gasteiger partial charge in [0.2, 0.25) is 5.91 Å². The van der Waals surface area contributed by atoms with Crippen LogP contribution in [0.2, 0.25) is 0 Å². The quantitative estimate of drug-likeness (QED) is 0.586. The number of rotatable bonds is 5. The lowest BCUT2D eigenvalue weighted by Crippen LogP contribution is -2.41. The standard InChI is InChI=1S/C23H20F2N4O3S/c24-16-3-6-18(19(25)13-16)22(32)29-10-7-15(8-11-29)20(30)27-17-4-1-14(2-5-17)21(31)28-23-26-9-12-33-23/h1-6,9,12-13,15H,7-8,10-11H2,(H,27,30)(H,26,28,31). The Morgan fingerprint density at radius 2 is 1.73 bits per heavy atom. The molecule has 2 N–H and O–H groups in total. The minimum atomic E-state index is -0.899. The van der Waals surface area contributed by atoms with E-state index < -0.39 is 17.5 Å². The Kier molecular flexibility index (Phi) is 6.74. The molecular formula is C23H20F2N4O3S. The highest BCUT2D eigenvalue weighted by Crippen LogP contribution is 2.22. The van der Waals surface area contributed by atoms with Crippen LogP contribution in [0.4, 0.5) is 19.6 Å². The summed E-state index contributed by atoms with van der Waals surface area (Å²) >= 11 is 1.32. The van der Waals surface area contributed by atoms with Crippen LogP contribution in [0.5, 0.6) is 0 Å². The molecule has 0 radical (unpaired) electrons. The maximum Gasteiger partial charge on any atom is 0.257 e. The van der Waals surface area contributed by atoms with Gasteiger partial charge in [0.15, 0.2) is 5.13 Å². The van der Waals surface area contributed by atoms with Crippen molar-refractivity contribution in [1.82, 2.24) is 9.88 Å². The summed E-state index contributed by atoms with van der Waals surface area (Å²) in [5.74, 6) is -2.94. The molecule has 170 valence electrons. The van der Waals surface area contributed by atoms with Crippen LogP contribution >= 0.6 is 11.3 Å². The number of amides is 3. The lowest BCUT2D eigenvalue weighted by atomic mass is 9.95. The van der Waals surface area contributed by atoms with Gasteiger partial charge in [0.25, 0.3) is 11.8 Å². The molecule has 1 aliphatic heterocycles. The number of thiazole rings is 1. The van der Waals surface area contributed by atoms with E-state index >= 15 is 0 Å². The molecule has 3 amide bonds. The molecule has 0 unspecified atom stereocenters. The fourth-order valence-electron chi connectivity index (χ4n) is 3.58. The molecule has 1 fully saturated rings. The first-order valence-electron chi connectivity index (χ1n) is 10.3. The fraction of sp³-hybridized carbons (Fsp3) is 0.217. The molecule has 4 rings (SSSR count). The number of hydrogen-bond acceptors (Lipinski definition) is 5. The first-order chi connectivity index (χ1) is 15.9. The third-order valence-corrected chi connectivity index (χ3v) is 6.07. The zero-order valence-corrected chi connectivity index (χ0v) is 18.2. The van der Waals surface area contributed by atoms with Crippen LogP contribution in [0.1, 0.15) is 33.6 Å². The molecule has 1 saturated heterocycles. The van der Waals surface area contributed by atoms with Gasteiger partial charge in [0.1, 0.15) is 11.6 Å². The number of carbonyl (C=O) groups is 3. The van der Waals surface area contributed by atoms with Gasteiger partial charge < -0.3 is 10.2 Å². The van der Waals surface area contributed by atoms with Crippen LogP contribution in [-0.2, 0) is 4.79 Å². The van der Waals surface area contributed by atoms with E-state index in [1.807, 2.05) is 0 Å². The van der Waals surface area contributed by atoms with Gasteiger partial charge in [-0.3, -0.25) is 19.7 Å². The Labute approximate surface area is 192 Å². The summed E-state index contributed by atoms with van der Waals surface area (Å²) in [6.07, 6.45) is 2.45. The Balaban J connectivity index is 1.29. The summed E-state index contributed by atoms with van der Waals surface area (Å²) < 4.78 is 27.0. The number of likely N-dealkylation sites (tertiary alicyclic amines) is 1. The number of benzene rings is 2. The second-order valence-electron chi connectivity index (χ2n) is 7.55. The zero-order valence-electron chi connectivity index (χ0n) is 17.4. The highest BCUT2D eigenvalue weighted by atomic mass is 32.1. The number of carbonyl (C=O) groups excluding carboxylic acids is 3.